The Kier molecular flexibility index (Phi) is 6.73. The monoisotopic (exact) mass is 466 g/mol. The van der Waals surface area contributed by atoms with Gasteiger partial charge in [0.1, 0.15) is 11.9 Å². The van der Waals surface area contributed by atoms with Gasteiger partial charge in [-0.25, -0.2) is 9.07 Å². The van der Waals surface area contributed by atoms with Crippen LogP contribution in [-0.4, -0.2) is 40.0 Å². The molecule has 2 N–H and O–H groups in total. The summed E-state index contributed by atoms with van der Waals surface area (Å²) in [5.41, 5.74) is 1.91. The zero-order chi connectivity index (χ0) is 22.6. The number of rotatable bonds is 8. The largest absolute Gasteiger partial charge is 0.352 e. The number of piperidine rings is 3. The highest BCUT2D eigenvalue weighted by molar-refractivity contribution is 7.98. The summed E-state index contributed by atoms with van der Waals surface area (Å²) in [5.74, 6) is 1.15. The molecule has 1 amide bonds. The molecule has 0 aliphatic carbocycles. The van der Waals surface area contributed by atoms with E-state index < -0.39 is 0 Å². The van der Waals surface area contributed by atoms with Crippen LogP contribution >= 0.6 is 11.8 Å². The maximum absolute atomic E-state index is 13.1. The Bertz CT molecular complexity index is 1070. The first-order chi connectivity index (χ1) is 16.1. The van der Waals surface area contributed by atoms with Gasteiger partial charge in [-0.1, -0.05) is 35.5 Å². The number of quaternary nitrogens is 1. The molecule has 3 fully saturated rings. The molecule has 33 heavy (non-hydrogen) atoms. The minimum absolute atomic E-state index is 0.0547. The number of carbonyl (C=O) groups excluding carboxylic acids is 1. The molecule has 4 atom stereocenters. The van der Waals surface area contributed by atoms with Gasteiger partial charge in [-0.15, -0.1) is 16.9 Å². The van der Waals surface area contributed by atoms with Crippen LogP contribution in [0.25, 0.3) is 0 Å². The van der Waals surface area contributed by atoms with E-state index in [1.807, 2.05) is 22.9 Å². The third-order valence-electron chi connectivity index (χ3n) is 6.89. The van der Waals surface area contributed by atoms with Crippen LogP contribution in [0.2, 0.25) is 0 Å². The van der Waals surface area contributed by atoms with E-state index >= 15 is 0 Å². The highest BCUT2D eigenvalue weighted by Gasteiger charge is 2.46. The summed E-state index contributed by atoms with van der Waals surface area (Å²) in [6.07, 6.45) is 4.19. The van der Waals surface area contributed by atoms with Crippen molar-refractivity contribution >= 4 is 17.7 Å². The van der Waals surface area contributed by atoms with Crippen molar-refractivity contribution in [2.45, 2.75) is 42.6 Å². The number of halogens is 1. The quantitative estimate of drug-likeness (QED) is 0.500. The van der Waals surface area contributed by atoms with Crippen molar-refractivity contribution in [2.75, 3.05) is 13.1 Å². The molecule has 4 heterocycles. The Morgan fingerprint density at radius 3 is 2.76 bits per heavy atom. The number of amides is 1. The van der Waals surface area contributed by atoms with Crippen molar-refractivity contribution in [3.05, 3.63) is 77.9 Å². The Balaban J connectivity index is 1.12. The van der Waals surface area contributed by atoms with E-state index in [0.717, 1.165) is 49.5 Å². The van der Waals surface area contributed by atoms with Crippen molar-refractivity contribution in [1.29, 1.82) is 0 Å². The van der Waals surface area contributed by atoms with E-state index in [4.69, 9.17) is 0 Å². The van der Waals surface area contributed by atoms with Crippen LogP contribution < -0.4 is 10.2 Å². The van der Waals surface area contributed by atoms with Crippen molar-refractivity contribution in [3.8, 4) is 0 Å². The summed E-state index contributed by atoms with van der Waals surface area (Å²) < 4.78 is 15.1. The van der Waals surface area contributed by atoms with Crippen LogP contribution in [0.1, 0.15) is 24.1 Å². The molecule has 1 unspecified atom stereocenters. The fourth-order valence-corrected chi connectivity index (χ4v) is 5.93. The second-order valence-corrected chi connectivity index (χ2v) is 10.1. The lowest BCUT2D eigenvalue weighted by molar-refractivity contribution is -0.945. The summed E-state index contributed by atoms with van der Waals surface area (Å²) in [6, 6.07) is 17.1. The molecule has 2 bridgehead atoms. The first kappa shape index (κ1) is 22.1. The Hall–Kier alpha value is -2.71. The van der Waals surface area contributed by atoms with Crippen LogP contribution in [0.4, 0.5) is 4.39 Å². The van der Waals surface area contributed by atoms with E-state index in [0.29, 0.717) is 18.5 Å². The maximum atomic E-state index is 13.1. The summed E-state index contributed by atoms with van der Waals surface area (Å²) in [6.45, 7) is 3.28. The first-order valence-corrected chi connectivity index (χ1v) is 12.6. The second-order valence-electron chi connectivity index (χ2n) is 9.08. The molecule has 6 nitrogen and oxygen atoms in total. The fraction of sp³-hybridized carbons (Fsp3) is 0.400. The Morgan fingerprint density at radius 2 is 2.00 bits per heavy atom. The molecule has 3 saturated heterocycles. The van der Waals surface area contributed by atoms with Crippen LogP contribution in [-0.2, 0) is 23.6 Å². The highest BCUT2D eigenvalue weighted by atomic mass is 32.2. The summed E-state index contributed by atoms with van der Waals surface area (Å²) >= 11 is 1.77. The Labute approximate surface area is 197 Å². The number of benzene rings is 2. The van der Waals surface area contributed by atoms with Gasteiger partial charge in [0, 0.05) is 36.2 Å². The SMILES string of the molecule is O=C(NCc1ccc(F)cc1)[C@H]1C[NH+]2CC[C@H]1C[C@@H]2Cn1cc(CSc2ccccc2)nn1. The average molecular weight is 467 g/mol. The van der Waals surface area contributed by atoms with Gasteiger partial charge in [0.2, 0.25) is 5.91 Å². The van der Waals surface area contributed by atoms with Crippen LogP contribution in [0, 0.1) is 17.7 Å². The van der Waals surface area contributed by atoms with E-state index in [2.05, 4.69) is 34.0 Å². The molecule has 0 spiro atoms. The number of nitrogens with one attached hydrogen (secondary N) is 2. The number of carbonyl (C=O) groups is 1. The molecule has 3 aliphatic heterocycles. The van der Waals surface area contributed by atoms with Gasteiger partial charge < -0.3 is 10.2 Å². The fourth-order valence-electron chi connectivity index (χ4n) is 5.13. The number of thioether (sulfide) groups is 1. The molecule has 3 aromatic rings. The second kappa shape index (κ2) is 10.1. The predicted octanol–water partition coefficient (Wildman–Crippen LogP) is 2.32. The van der Waals surface area contributed by atoms with E-state index in [-0.39, 0.29) is 17.6 Å². The molecule has 3 aliphatic rings. The van der Waals surface area contributed by atoms with Gasteiger partial charge in [0.05, 0.1) is 31.2 Å². The molecular weight excluding hydrogens is 437 g/mol. The third-order valence-corrected chi connectivity index (χ3v) is 7.94. The van der Waals surface area contributed by atoms with Gasteiger partial charge in [0.25, 0.3) is 0 Å². The number of nitrogens with zero attached hydrogens (tertiary/aromatic N) is 3. The number of aromatic nitrogens is 3. The highest BCUT2D eigenvalue weighted by Crippen LogP contribution is 2.28. The Morgan fingerprint density at radius 1 is 1.18 bits per heavy atom. The van der Waals surface area contributed by atoms with Crippen molar-refractivity contribution in [1.82, 2.24) is 20.3 Å². The number of fused-ring (bicyclic) bond motifs is 3. The first-order valence-electron chi connectivity index (χ1n) is 11.6. The smallest absolute Gasteiger partial charge is 0.229 e. The van der Waals surface area contributed by atoms with Gasteiger partial charge in [-0.3, -0.25) is 4.79 Å². The molecule has 6 rings (SSSR count). The minimum atomic E-state index is -0.258. The lowest BCUT2D eigenvalue weighted by Crippen LogP contribution is -3.20. The van der Waals surface area contributed by atoms with Gasteiger partial charge in [-0.2, -0.15) is 0 Å². The lowest BCUT2D eigenvalue weighted by Gasteiger charge is -2.46. The van der Waals surface area contributed by atoms with Crippen molar-refractivity contribution < 1.29 is 14.1 Å². The van der Waals surface area contributed by atoms with E-state index in [1.165, 1.54) is 21.9 Å². The number of hydrogen-bond donors (Lipinski definition) is 2. The minimum Gasteiger partial charge on any atom is -0.352 e. The average Bonchev–Trinajstić information content (AvgIpc) is 3.30. The van der Waals surface area contributed by atoms with Crippen LogP contribution in [0.3, 0.4) is 0 Å². The predicted molar refractivity (Wildman–Crippen MR) is 125 cm³/mol. The normalized spacial score (nSPS) is 24.0. The molecule has 172 valence electrons. The third kappa shape index (κ3) is 5.45. The summed E-state index contributed by atoms with van der Waals surface area (Å²) in [5, 5.41) is 11.8. The topological polar surface area (TPSA) is 64.2 Å². The summed E-state index contributed by atoms with van der Waals surface area (Å²) in [7, 11) is 0. The molecular formula is C25H29FN5OS+. The van der Waals surface area contributed by atoms with Crippen LogP contribution in [0.5, 0.6) is 0 Å². The van der Waals surface area contributed by atoms with E-state index in [9.17, 15) is 9.18 Å². The molecule has 2 aromatic carbocycles. The van der Waals surface area contributed by atoms with Gasteiger partial charge in [-0.05, 0) is 35.7 Å². The molecule has 1 aromatic heterocycles. The van der Waals surface area contributed by atoms with Crippen molar-refractivity contribution in [3.63, 3.8) is 0 Å². The van der Waals surface area contributed by atoms with Gasteiger partial charge >= 0.3 is 0 Å². The molecule has 0 radical (unpaired) electrons. The zero-order valence-electron chi connectivity index (χ0n) is 18.5. The lowest BCUT2D eigenvalue weighted by atomic mass is 9.75. The van der Waals surface area contributed by atoms with Crippen LogP contribution in [0.15, 0.2) is 65.7 Å². The zero-order valence-corrected chi connectivity index (χ0v) is 19.3. The molecule has 0 saturated carbocycles. The maximum Gasteiger partial charge on any atom is 0.229 e. The van der Waals surface area contributed by atoms with E-state index in [1.54, 1.807) is 23.9 Å². The summed E-state index contributed by atoms with van der Waals surface area (Å²) in [4.78, 5) is 15.6. The molecule has 8 heteroatoms. The van der Waals surface area contributed by atoms with Crippen molar-refractivity contribution in [2.24, 2.45) is 11.8 Å². The standard InChI is InChI=1S/C25H28FN5OS/c26-20-8-6-18(7-9-20)13-27-25(32)24-16-30-11-10-19(24)12-22(30)15-31-14-21(28-29-31)17-33-23-4-2-1-3-5-23/h1-9,14,19,22,24H,10-13,15-17H2,(H,27,32)/p+1/t19-,22+,24-/m0/s1. The van der Waals surface area contributed by atoms with Gasteiger partial charge in [0.15, 0.2) is 0 Å². The number of hydrogen-bond acceptors (Lipinski definition) is 4.